The number of ether oxygens (including phenoxy) is 1. The molecule has 5 heteroatoms. The van der Waals surface area contributed by atoms with Gasteiger partial charge in [-0.3, -0.25) is 9.59 Å². The molecule has 0 fully saturated rings. The molecule has 0 aromatic heterocycles. The molecular weight excluding hydrogens is 256 g/mol. The first-order chi connectivity index (χ1) is 6.11. The summed E-state index contributed by atoms with van der Waals surface area (Å²) in [6.07, 6.45) is 0.111. The van der Waals surface area contributed by atoms with Crippen molar-refractivity contribution < 1.29 is 14.3 Å². The third-order valence-corrected chi connectivity index (χ3v) is 3.09. The third-order valence-electron chi connectivity index (χ3n) is 1.19. The molecule has 13 heavy (non-hydrogen) atoms. The molecule has 0 amide bonds. The van der Waals surface area contributed by atoms with Crippen LogP contribution in [-0.4, -0.2) is 28.3 Å². The molecule has 0 heterocycles. The molecule has 3 nitrogen and oxygen atoms in total. The minimum absolute atomic E-state index is 0.0180. The highest BCUT2D eigenvalue weighted by atomic mass is 79.9. The summed E-state index contributed by atoms with van der Waals surface area (Å²) in [6.45, 7) is 3.99. The second-order valence-electron chi connectivity index (χ2n) is 2.23. The van der Waals surface area contributed by atoms with Gasteiger partial charge in [-0.2, -0.15) is 0 Å². The van der Waals surface area contributed by atoms with Crippen LogP contribution >= 0.6 is 27.7 Å². The van der Waals surface area contributed by atoms with Crippen LogP contribution in [0.2, 0.25) is 0 Å². The van der Waals surface area contributed by atoms with Crippen LogP contribution in [0.5, 0.6) is 0 Å². The zero-order valence-electron chi connectivity index (χ0n) is 7.71. The predicted molar refractivity (Wildman–Crippen MR) is 57.1 cm³/mol. The number of hydrogen-bond donors (Lipinski definition) is 0. The Hall–Kier alpha value is -0.0300. The summed E-state index contributed by atoms with van der Waals surface area (Å²) in [5, 5.41) is -0.0180. The van der Waals surface area contributed by atoms with Gasteiger partial charge in [-0.1, -0.05) is 34.6 Å². The average Bonchev–Trinajstić information content (AvgIpc) is 2.05. The molecule has 0 N–H and O–H groups in total. The molecule has 0 aliphatic rings. The van der Waals surface area contributed by atoms with E-state index in [9.17, 15) is 9.59 Å². The Bertz CT molecular complexity index is 184. The van der Waals surface area contributed by atoms with Gasteiger partial charge in [-0.25, -0.2) is 0 Å². The van der Waals surface area contributed by atoms with Crippen molar-refractivity contribution in [3.05, 3.63) is 0 Å². The molecule has 0 aromatic carbocycles. The highest BCUT2D eigenvalue weighted by Gasteiger charge is 2.18. The summed E-state index contributed by atoms with van der Waals surface area (Å²) in [5.41, 5.74) is 0. The zero-order chi connectivity index (χ0) is 10.3. The lowest BCUT2D eigenvalue weighted by Crippen LogP contribution is -2.17. The first-order valence-corrected chi connectivity index (χ1v) is 5.98. The molecular formula is C8H13BrO3S. The molecule has 0 saturated carbocycles. The molecule has 76 valence electrons. The SMILES string of the molecule is CCOC(=O)CC(Br)C(=O)SCC. The van der Waals surface area contributed by atoms with Gasteiger partial charge >= 0.3 is 5.97 Å². The maximum Gasteiger partial charge on any atom is 0.307 e. The lowest BCUT2D eigenvalue weighted by molar-refractivity contribution is -0.143. The van der Waals surface area contributed by atoms with E-state index in [1.807, 2.05) is 6.92 Å². The quantitative estimate of drug-likeness (QED) is 0.565. The second kappa shape index (κ2) is 7.38. The monoisotopic (exact) mass is 268 g/mol. The molecule has 0 saturated heterocycles. The van der Waals surface area contributed by atoms with Crippen LogP contribution in [0, 0.1) is 0 Å². The lowest BCUT2D eigenvalue weighted by atomic mass is 10.3. The van der Waals surface area contributed by atoms with Crippen LogP contribution in [-0.2, 0) is 14.3 Å². The Kier molecular flexibility index (Phi) is 7.36. The number of hydrogen-bond acceptors (Lipinski definition) is 4. The maximum absolute atomic E-state index is 11.2. The molecule has 0 rings (SSSR count). The van der Waals surface area contributed by atoms with Gasteiger partial charge in [0.1, 0.15) is 0 Å². The highest BCUT2D eigenvalue weighted by Crippen LogP contribution is 2.15. The normalized spacial score (nSPS) is 12.2. The van der Waals surface area contributed by atoms with Crippen LogP contribution in [0.25, 0.3) is 0 Å². The first-order valence-electron chi connectivity index (χ1n) is 4.08. The van der Waals surface area contributed by atoms with E-state index in [1.165, 1.54) is 11.8 Å². The minimum Gasteiger partial charge on any atom is -0.466 e. The standard InChI is InChI=1S/C8H13BrO3S/c1-3-12-7(10)5-6(9)8(11)13-4-2/h6H,3-5H2,1-2H3. The van der Waals surface area contributed by atoms with Crippen molar-refractivity contribution in [1.29, 1.82) is 0 Å². The van der Waals surface area contributed by atoms with E-state index < -0.39 is 4.83 Å². The molecule has 0 bridgehead atoms. The average molecular weight is 269 g/mol. The van der Waals surface area contributed by atoms with E-state index in [2.05, 4.69) is 15.9 Å². The van der Waals surface area contributed by atoms with Gasteiger partial charge in [0.15, 0.2) is 0 Å². The number of esters is 1. The summed E-state index contributed by atoms with van der Waals surface area (Å²) in [4.78, 5) is 21.7. The minimum atomic E-state index is -0.420. The van der Waals surface area contributed by atoms with Crippen LogP contribution in [0.3, 0.4) is 0 Å². The van der Waals surface area contributed by atoms with E-state index in [0.717, 1.165) is 5.75 Å². The number of carbonyl (C=O) groups is 2. The van der Waals surface area contributed by atoms with Crippen molar-refractivity contribution in [1.82, 2.24) is 0 Å². The van der Waals surface area contributed by atoms with Gasteiger partial charge in [-0.15, -0.1) is 0 Å². The molecule has 1 unspecified atom stereocenters. The molecule has 0 spiro atoms. The van der Waals surface area contributed by atoms with Gasteiger partial charge < -0.3 is 4.74 Å². The van der Waals surface area contributed by atoms with Gasteiger partial charge in [0.05, 0.1) is 17.9 Å². The van der Waals surface area contributed by atoms with Crippen LogP contribution in [0.15, 0.2) is 0 Å². The zero-order valence-corrected chi connectivity index (χ0v) is 10.1. The van der Waals surface area contributed by atoms with Gasteiger partial charge in [0, 0.05) is 0 Å². The Morgan fingerprint density at radius 2 is 2.08 bits per heavy atom. The summed E-state index contributed by atoms with van der Waals surface area (Å²) in [6, 6.07) is 0. The molecule has 1 atom stereocenters. The van der Waals surface area contributed by atoms with Crippen molar-refractivity contribution >= 4 is 38.8 Å². The predicted octanol–water partition coefficient (Wildman–Crippen LogP) is 1.98. The highest BCUT2D eigenvalue weighted by molar-refractivity contribution is 9.10. The summed E-state index contributed by atoms with van der Waals surface area (Å²) < 4.78 is 4.71. The fourth-order valence-electron chi connectivity index (χ4n) is 0.682. The van der Waals surface area contributed by atoms with Crippen LogP contribution < -0.4 is 0 Å². The fraction of sp³-hybridized carbons (Fsp3) is 0.750. The van der Waals surface area contributed by atoms with Gasteiger partial charge in [0.25, 0.3) is 0 Å². The Balaban J connectivity index is 3.78. The Morgan fingerprint density at radius 3 is 2.54 bits per heavy atom. The Labute approximate surface area is 90.7 Å². The summed E-state index contributed by atoms with van der Waals surface area (Å²) in [5.74, 6) is 0.387. The van der Waals surface area contributed by atoms with Gasteiger partial charge in [0.2, 0.25) is 5.12 Å². The van der Waals surface area contributed by atoms with Gasteiger partial charge in [-0.05, 0) is 12.7 Å². The largest absolute Gasteiger partial charge is 0.466 e. The lowest BCUT2D eigenvalue weighted by Gasteiger charge is -2.06. The molecule has 0 aliphatic carbocycles. The molecule has 0 aliphatic heterocycles. The van der Waals surface area contributed by atoms with Crippen LogP contribution in [0.4, 0.5) is 0 Å². The van der Waals surface area contributed by atoms with Crippen molar-refractivity contribution in [2.75, 3.05) is 12.4 Å². The fourth-order valence-corrected chi connectivity index (χ4v) is 1.89. The maximum atomic E-state index is 11.2. The summed E-state index contributed by atoms with van der Waals surface area (Å²) >= 11 is 4.35. The van der Waals surface area contributed by atoms with E-state index >= 15 is 0 Å². The topological polar surface area (TPSA) is 43.4 Å². The number of rotatable bonds is 5. The number of halogens is 1. The van der Waals surface area contributed by atoms with E-state index in [1.54, 1.807) is 6.92 Å². The van der Waals surface area contributed by atoms with Crippen molar-refractivity contribution in [3.63, 3.8) is 0 Å². The number of carbonyl (C=O) groups excluding carboxylic acids is 2. The molecule has 0 radical (unpaired) electrons. The third kappa shape index (κ3) is 6.10. The summed E-state index contributed by atoms with van der Waals surface area (Å²) in [7, 11) is 0. The van der Waals surface area contributed by atoms with Crippen LogP contribution in [0.1, 0.15) is 20.3 Å². The van der Waals surface area contributed by atoms with E-state index in [0.29, 0.717) is 6.61 Å². The molecule has 0 aromatic rings. The van der Waals surface area contributed by atoms with Crippen molar-refractivity contribution in [2.45, 2.75) is 25.1 Å². The number of alkyl halides is 1. The van der Waals surface area contributed by atoms with Crippen molar-refractivity contribution in [2.24, 2.45) is 0 Å². The Morgan fingerprint density at radius 1 is 1.46 bits per heavy atom. The number of thioether (sulfide) groups is 1. The second-order valence-corrected chi connectivity index (χ2v) is 4.60. The van der Waals surface area contributed by atoms with E-state index in [4.69, 9.17) is 4.74 Å². The van der Waals surface area contributed by atoms with Crippen molar-refractivity contribution in [3.8, 4) is 0 Å². The van der Waals surface area contributed by atoms with E-state index in [-0.39, 0.29) is 17.5 Å². The smallest absolute Gasteiger partial charge is 0.307 e. The first kappa shape index (κ1) is 13.0.